The van der Waals surface area contributed by atoms with Gasteiger partial charge >= 0.3 is 6.09 Å². The second-order valence-corrected chi connectivity index (χ2v) is 4.30. The van der Waals surface area contributed by atoms with Gasteiger partial charge < -0.3 is 4.74 Å². The molecule has 0 atom stereocenters. The Morgan fingerprint density at radius 3 is 2.65 bits per heavy atom. The Balaban J connectivity index is 2.19. The van der Waals surface area contributed by atoms with Crippen LogP contribution < -0.4 is 4.57 Å². The fourth-order valence-corrected chi connectivity index (χ4v) is 1.81. The highest BCUT2D eigenvalue weighted by Gasteiger charge is 2.11. The van der Waals surface area contributed by atoms with Crippen LogP contribution in [-0.2, 0) is 11.3 Å². The monoisotopic (exact) mass is 239 g/mol. The number of methoxy groups -OCH3 is 1. The molecule has 1 heterocycles. The Labute approximate surface area is 103 Å². The third kappa shape index (κ3) is 5.02. The zero-order chi connectivity index (χ0) is 12.5. The molecule has 1 aromatic heterocycles. The van der Waals surface area contributed by atoms with Gasteiger partial charge in [0, 0.05) is 0 Å². The van der Waals surface area contributed by atoms with E-state index in [2.05, 4.69) is 11.7 Å². The quantitative estimate of drug-likeness (QED) is 0.541. The van der Waals surface area contributed by atoms with Crippen molar-refractivity contribution in [3.8, 4) is 0 Å². The maximum atomic E-state index is 11.2. The summed E-state index contributed by atoms with van der Waals surface area (Å²) in [7, 11) is 1.39. The summed E-state index contributed by atoms with van der Waals surface area (Å²) in [5.41, 5.74) is 0. The largest absolute Gasteiger partial charge is 0.511 e. The fourth-order valence-electron chi connectivity index (χ4n) is 1.81. The molecule has 4 nitrogen and oxygen atoms in total. The second kappa shape index (κ2) is 7.87. The lowest BCUT2D eigenvalue weighted by atomic mass is 10.1. The molecule has 0 N–H and O–H groups in total. The van der Waals surface area contributed by atoms with E-state index >= 15 is 0 Å². The first kappa shape index (κ1) is 13.7. The van der Waals surface area contributed by atoms with E-state index in [1.807, 2.05) is 10.8 Å². The van der Waals surface area contributed by atoms with Gasteiger partial charge in [-0.3, -0.25) is 0 Å². The lowest BCUT2D eigenvalue weighted by molar-refractivity contribution is -0.696. The average Bonchev–Trinajstić information content (AvgIpc) is 2.81. The summed E-state index contributed by atoms with van der Waals surface area (Å²) in [6.45, 7) is 3.20. The molecule has 17 heavy (non-hydrogen) atoms. The van der Waals surface area contributed by atoms with Crippen LogP contribution in [0.4, 0.5) is 4.79 Å². The van der Waals surface area contributed by atoms with E-state index in [-0.39, 0.29) is 6.09 Å². The van der Waals surface area contributed by atoms with Gasteiger partial charge in [-0.15, -0.1) is 4.57 Å². The summed E-state index contributed by atoms with van der Waals surface area (Å²) < 4.78 is 8.11. The van der Waals surface area contributed by atoms with Gasteiger partial charge in [-0.1, -0.05) is 32.6 Å². The van der Waals surface area contributed by atoms with Crippen molar-refractivity contribution >= 4 is 6.09 Å². The van der Waals surface area contributed by atoms with Gasteiger partial charge in [0.1, 0.15) is 12.4 Å². The van der Waals surface area contributed by atoms with Crippen LogP contribution in [0.2, 0.25) is 0 Å². The zero-order valence-electron chi connectivity index (χ0n) is 10.9. The molecule has 0 spiro atoms. The van der Waals surface area contributed by atoms with Crippen molar-refractivity contribution in [2.45, 2.75) is 52.0 Å². The van der Waals surface area contributed by atoms with Crippen molar-refractivity contribution in [3.63, 3.8) is 0 Å². The molecule has 4 heteroatoms. The Morgan fingerprint density at radius 1 is 1.24 bits per heavy atom. The van der Waals surface area contributed by atoms with Gasteiger partial charge in [-0.05, 0) is 12.8 Å². The fraction of sp³-hybridized carbons (Fsp3) is 0.692. The summed E-state index contributed by atoms with van der Waals surface area (Å²) >= 11 is 0. The van der Waals surface area contributed by atoms with E-state index in [9.17, 15) is 4.79 Å². The van der Waals surface area contributed by atoms with Gasteiger partial charge in [-0.2, -0.15) is 4.79 Å². The van der Waals surface area contributed by atoms with Gasteiger partial charge in [0.05, 0.1) is 13.7 Å². The molecule has 1 aromatic rings. The van der Waals surface area contributed by atoms with E-state index in [1.54, 1.807) is 12.5 Å². The highest BCUT2D eigenvalue weighted by molar-refractivity contribution is 5.69. The first-order chi connectivity index (χ1) is 8.27. The topological polar surface area (TPSA) is 35.1 Å². The summed E-state index contributed by atoms with van der Waals surface area (Å²) in [6, 6.07) is 0. The Hall–Kier alpha value is -1.32. The van der Waals surface area contributed by atoms with Crippen molar-refractivity contribution in [2.75, 3.05) is 7.11 Å². The molecule has 0 aliphatic carbocycles. The van der Waals surface area contributed by atoms with Crippen LogP contribution in [-0.4, -0.2) is 17.8 Å². The summed E-state index contributed by atoms with van der Waals surface area (Å²) in [5, 5.41) is 0. The number of carbonyl (C=O) groups is 1. The van der Waals surface area contributed by atoms with Gasteiger partial charge in [0.2, 0.25) is 0 Å². The third-order valence-electron chi connectivity index (χ3n) is 2.85. The van der Waals surface area contributed by atoms with Crippen LogP contribution in [0.5, 0.6) is 0 Å². The first-order valence-electron chi connectivity index (χ1n) is 6.43. The number of hydrogen-bond donors (Lipinski definition) is 0. The smallest absolute Gasteiger partial charge is 0.434 e. The third-order valence-corrected chi connectivity index (χ3v) is 2.85. The van der Waals surface area contributed by atoms with Crippen molar-refractivity contribution in [3.05, 3.63) is 18.7 Å². The summed E-state index contributed by atoms with van der Waals surface area (Å²) in [5.74, 6) is 0. The molecule has 0 radical (unpaired) electrons. The van der Waals surface area contributed by atoms with Crippen LogP contribution in [0.1, 0.15) is 45.4 Å². The number of aryl methyl sites for hydroxylation is 1. The molecular weight excluding hydrogens is 216 g/mol. The molecule has 0 amide bonds. The van der Waals surface area contributed by atoms with E-state index in [1.165, 1.54) is 50.2 Å². The van der Waals surface area contributed by atoms with E-state index in [0.29, 0.717) is 0 Å². The van der Waals surface area contributed by atoms with Gasteiger partial charge in [-0.25, -0.2) is 4.57 Å². The average molecular weight is 239 g/mol. The molecular formula is C13H23N2O2+. The van der Waals surface area contributed by atoms with Crippen LogP contribution >= 0.6 is 0 Å². The number of nitrogens with zero attached hydrogens (tertiary/aromatic N) is 2. The lowest BCUT2D eigenvalue weighted by Gasteiger charge is -1.98. The molecule has 0 aliphatic rings. The number of ether oxygens (including phenoxy) is 1. The highest BCUT2D eigenvalue weighted by atomic mass is 16.5. The van der Waals surface area contributed by atoms with E-state index < -0.39 is 0 Å². The van der Waals surface area contributed by atoms with E-state index in [0.717, 1.165) is 6.54 Å². The molecule has 0 fully saturated rings. The first-order valence-corrected chi connectivity index (χ1v) is 6.43. The molecule has 0 saturated carbocycles. The van der Waals surface area contributed by atoms with Crippen molar-refractivity contribution in [2.24, 2.45) is 0 Å². The van der Waals surface area contributed by atoms with Crippen LogP contribution in [0, 0.1) is 0 Å². The second-order valence-electron chi connectivity index (χ2n) is 4.30. The molecule has 0 unspecified atom stereocenters. The van der Waals surface area contributed by atoms with E-state index in [4.69, 9.17) is 0 Å². The molecule has 0 aliphatic heterocycles. The maximum Gasteiger partial charge on any atom is 0.511 e. The van der Waals surface area contributed by atoms with Gasteiger partial charge in [0.15, 0.2) is 0 Å². The van der Waals surface area contributed by atoms with Gasteiger partial charge in [0.25, 0.3) is 6.33 Å². The Kier molecular flexibility index (Phi) is 6.37. The molecule has 96 valence electrons. The maximum absolute atomic E-state index is 11.2. The highest BCUT2D eigenvalue weighted by Crippen LogP contribution is 2.04. The number of hydrogen-bond acceptors (Lipinski definition) is 2. The molecule has 0 aromatic carbocycles. The van der Waals surface area contributed by atoms with Crippen LogP contribution in [0.15, 0.2) is 18.7 Å². The zero-order valence-corrected chi connectivity index (χ0v) is 10.9. The lowest BCUT2D eigenvalue weighted by Crippen LogP contribution is -2.31. The van der Waals surface area contributed by atoms with Crippen LogP contribution in [0.3, 0.4) is 0 Å². The van der Waals surface area contributed by atoms with Crippen molar-refractivity contribution in [1.82, 2.24) is 4.57 Å². The molecule has 0 bridgehead atoms. The molecule has 1 rings (SSSR count). The minimum atomic E-state index is -0.341. The predicted octanol–water partition coefficient (Wildman–Crippen LogP) is 2.75. The Morgan fingerprint density at radius 2 is 1.94 bits per heavy atom. The van der Waals surface area contributed by atoms with Crippen molar-refractivity contribution in [1.29, 1.82) is 0 Å². The minimum Gasteiger partial charge on any atom is -0.434 e. The predicted molar refractivity (Wildman–Crippen MR) is 65.8 cm³/mol. The number of rotatable bonds is 7. The minimum absolute atomic E-state index is 0.341. The van der Waals surface area contributed by atoms with Crippen molar-refractivity contribution < 1.29 is 14.1 Å². The van der Waals surface area contributed by atoms with Crippen LogP contribution in [0.25, 0.3) is 0 Å². The molecule has 0 saturated heterocycles. The number of unbranched alkanes of at least 4 members (excludes halogenated alkanes) is 5. The SMILES string of the molecule is CCCCCCCC[n+]1ccn(C(=O)OC)c1. The summed E-state index contributed by atoms with van der Waals surface area (Å²) in [6.07, 6.45) is 12.8. The standard InChI is InChI=1S/C13H23N2O2/c1-3-4-5-6-7-8-9-14-10-11-15(12-14)13(16)17-2/h10-12H,3-9H2,1-2H3/q+1. The number of imidazole rings is 1. The Bertz CT molecular complexity index is 334. The number of carbonyl (C=O) groups excluding carboxylic acids is 1. The number of aromatic nitrogens is 2. The summed E-state index contributed by atoms with van der Waals surface area (Å²) in [4.78, 5) is 11.2. The normalized spacial score (nSPS) is 10.5.